The third-order valence-electron chi connectivity index (χ3n) is 2.88. The van der Waals surface area contributed by atoms with Crippen molar-refractivity contribution in [1.29, 1.82) is 0 Å². The maximum Gasteiger partial charge on any atom is 0.259 e. The highest BCUT2D eigenvalue weighted by atomic mass is 79.9. The lowest BCUT2D eigenvalue weighted by molar-refractivity contribution is 0.102. The fraction of sp³-hybridized carbons (Fsp3) is 0.267. The summed E-state index contributed by atoms with van der Waals surface area (Å²) in [6.07, 6.45) is 5.22. The van der Waals surface area contributed by atoms with Crippen LogP contribution in [-0.4, -0.2) is 22.1 Å². The molecule has 21 heavy (non-hydrogen) atoms. The van der Waals surface area contributed by atoms with E-state index in [-0.39, 0.29) is 5.91 Å². The number of halogens is 1. The number of anilines is 1. The molecule has 0 saturated carbocycles. The Morgan fingerprint density at radius 3 is 2.81 bits per heavy atom. The molecule has 0 aliphatic heterocycles. The van der Waals surface area contributed by atoms with Gasteiger partial charge in [-0.05, 0) is 40.7 Å². The molecule has 1 amide bonds. The third-order valence-corrected chi connectivity index (χ3v) is 4.13. The first-order valence-corrected chi connectivity index (χ1v) is 8.63. The van der Waals surface area contributed by atoms with Crippen LogP contribution >= 0.6 is 27.7 Å². The van der Waals surface area contributed by atoms with E-state index in [1.165, 1.54) is 11.8 Å². The van der Waals surface area contributed by atoms with Gasteiger partial charge in [-0.1, -0.05) is 37.2 Å². The SMILES string of the molecule is CCCc1nc(SC)ncc1C(=O)Nc1ccccc1Br. The zero-order valence-corrected chi connectivity index (χ0v) is 14.3. The van der Waals surface area contributed by atoms with Gasteiger partial charge in [-0.3, -0.25) is 4.79 Å². The summed E-state index contributed by atoms with van der Waals surface area (Å²) < 4.78 is 0.844. The largest absolute Gasteiger partial charge is 0.321 e. The van der Waals surface area contributed by atoms with Crippen molar-refractivity contribution in [2.75, 3.05) is 11.6 Å². The van der Waals surface area contributed by atoms with Gasteiger partial charge in [-0.25, -0.2) is 9.97 Å². The average molecular weight is 366 g/mol. The third kappa shape index (κ3) is 4.04. The van der Waals surface area contributed by atoms with E-state index in [2.05, 4.69) is 38.1 Å². The summed E-state index contributed by atoms with van der Waals surface area (Å²) in [7, 11) is 0. The molecule has 1 heterocycles. The van der Waals surface area contributed by atoms with Crippen molar-refractivity contribution < 1.29 is 4.79 Å². The molecule has 0 radical (unpaired) electrons. The van der Waals surface area contributed by atoms with Crippen molar-refractivity contribution in [3.8, 4) is 0 Å². The Bertz CT molecular complexity index is 649. The van der Waals surface area contributed by atoms with E-state index in [4.69, 9.17) is 0 Å². The van der Waals surface area contributed by atoms with Crippen molar-refractivity contribution in [2.24, 2.45) is 0 Å². The topological polar surface area (TPSA) is 54.9 Å². The Morgan fingerprint density at radius 2 is 2.14 bits per heavy atom. The van der Waals surface area contributed by atoms with Crippen LogP contribution in [0, 0.1) is 0 Å². The van der Waals surface area contributed by atoms with Crippen molar-refractivity contribution in [2.45, 2.75) is 24.9 Å². The predicted octanol–water partition coefficient (Wildman–Crippen LogP) is 4.17. The second-order valence-electron chi connectivity index (χ2n) is 4.40. The van der Waals surface area contributed by atoms with Crippen LogP contribution in [0.3, 0.4) is 0 Å². The smallest absolute Gasteiger partial charge is 0.259 e. The highest BCUT2D eigenvalue weighted by molar-refractivity contribution is 9.10. The van der Waals surface area contributed by atoms with Crippen LogP contribution in [0.15, 0.2) is 40.1 Å². The van der Waals surface area contributed by atoms with Crippen LogP contribution in [0.5, 0.6) is 0 Å². The summed E-state index contributed by atoms with van der Waals surface area (Å²) >= 11 is 4.89. The number of nitrogens with zero attached hydrogens (tertiary/aromatic N) is 2. The highest BCUT2D eigenvalue weighted by Gasteiger charge is 2.15. The van der Waals surface area contributed by atoms with Crippen molar-refractivity contribution in [3.05, 3.63) is 46.2 Å². The maximum atomic E-state index is 12.4. The van der Waals surface area contributed by atoms with Gasteiger partial charge >= 0.3 is 0 Å². The molecule has 0 unspecified atom stereocenters. The number of para-hydroxylation sites is 1. The summed E-state index contributed by atoms with van der Waals surface area (Å²) in [6.45, 7) is 2.07. The number of aryl methyl sites for hydroxylation is 1. The first kappa shape index (κ1) is 16.0. The minimum Gasteiger partial charge on any atom is -0.321 e. The van der Waals surface area contributed by atoms with E-state index in [1.54, 1.807) is 6.20 Å². The van der Waals surface area contributed by atoms with E-state index in [0.717, 1.165) is 28.7 Å². The molecule has 0 bridgehead atoms. The molecule has 2 rings (SSSR count). The first-order chi connectivity index (χ1) is 10.2. The summed E-state index contributed by atoms with van der Waals surface area (Å²) in [5.41, 5.74) is 2.06. The lowest BCUT2D eigenvalue weighted by atomic mass is 10.1. The lowest BCUT2D eigenvalue weighted by Gasteiger charge is -2.10. The number of carbonyl (C=O) groups excluding carboxylic acids is 1. The normalized spacial score (nSPS) is 10.4. The van der Waals surface area contributed by atoms with Gasteiger partial charge in [-0.2, -0.15) is 0 Å². The average Bonchev–Trinajstić information content (AvgIpc) is 2.49. The van der Waals surface area contributed by atoms with E-state index in [1.807, 2.05) is 30.5 Å². The van der Waals surface area contributed by atoms with Crippen LogP contribution in [0.25, 0.3) is 0 Å². The number of benzene rings is 1. The molecule has 2 aromatic rings. The van der Waals surface area contributed by atoms with Gasteiger partial charge in [0.25, 0.3) is 5.91 Å². The van der Waals surface area contributed by atoms with Gasteiger partial charge in [0, 0.05) is 10.7 Å². The minimum absolute atomic E-state index is 0.182. The van der Waals surface area contributed by atoms with E-state index < -0.39 is 0 Å². The standard InChI is InChI=1S/C15H16BrN3OS/c1-3-6-12-10(9-17-15(19-12)21-2)14(20)18-13-8-5-4-7-11(13)16/h4-5,7-9H,3,6H2,1-2H3,(H,18,20). The number of hydrogen-bond donors (Lipinski definition) is 1. The molecule has 0 atom stereocenters. The zero-order chi connectivity index (χ0) is 15.2. The Kier molecular flexibility index (Phi) is 5.76. The molecule has 0 aliphatic carbocycles. The molecule has 6 heteroatoms. The monoisotopic (exact) mass is 365 g/mol. The molecule has 0 spiro atoms. The van der Waals surface area contributed by atoms with Gasteiger partial charge in [0.1, 0.15) is 0 Å². The maximum absolute atomic E-state index is 12.4. The number of carbonyl (C=O) groups is 1. The van der Waals surface area contributed by atoms with Gasteiger partial charge in [0.15, 0.2) is 5.16 Å². The van der Waals surface area contributed by atoms with E-state index >= 15 is 0 Å². The molecule has 0 fully saturated rings. The molecule has 4 nitrogen and oxygen atoms in total. The Labute approximate surface area is 136 Å². The van der Waals surface area contributed by atoms with Gasteiger partial charge in [-0.15, -0.1) is 0 Å². The highest BCUT2D eigenvalue weighted by Crippen LogP contribution is 2.22. The summed E-state index contributed by atoms with van der Waals surface area (Å²) in [6, 6.07) is 7.51. The molecule has 0 saturated heterocycles. The van der Waals surface area contributed by atoms with Crippen molar-refractivity contribution >= 4 is 39.3 Å². The van der Waals surface area contributed by atoms with E-state index in [0.29, 0.717) is 10.7 Å². The zero-order valence-electron chi connectivity index (χ0n) is 11.9. The summed E-state index contributed by atoms with van der Waals surface area (Å²) in [5, 5.41) is 3.58. The number of rotatable bonds is 5. The predicted molar refractivity (Wildman–Crippen MR) is 89.9 cm³/mol. The molecule has 0 aliphatic rings. The van der Waals surface area contributed by atoms with Gasteiger partial charge < -0.3 is 5.32 Å². The molecule has 1 aromatic carbocycles. The molecular formula is C15H16BrN3OS. The fourth-order valence-corrected chi connectivity index (χ4v) is 2.61. The van der Waals surface area contributed by atoms with Crippen LogP contribution in [0.4, 0.5) is 5.69 Å². The number of hydrogen-bond acceptors (Lipinski definition) is 4. The Hall–Kier alpha value is -1.40. The number of aromatic nitrogens is 2. The van der Waals surface area contributed by atoms with E-state index in [9.17, 15) is 4.79 Å². The summed E-state index contributed by atoms with van der Waals surface area (Å²) in [5.74, 6) is -0.182. The molecular weight excluding hydrogens is 350 g/mol. The van der Waals surface area contributed by atoms with Gasteiger partial charge in [0.2, 0.25) is 0 Å². The lowest BCUT2D eigenvalue weighted by Crippen LogP contribution is -2.16. The first-order valence-electron chi connectivity index (χ1n) is 6.61. The van der Waals surface area contributed by atoms with Crippen molar-refractivity contribution in [3.63, 3.8) is 0 Å². The minimum atomic E-state index is -0.182. The summed E-state index contributed by atoms with van der Waals surface area (Å²) in [4.78, 5) is 21.1. The number of nitrogens with one attached hydrogen (secondary N) is 1. The number of thioether (sulfide) groups is 1. The fourth-order valence-electron chi connectivity index (χ4n) is 1.87. The van der Waals surface area contributed by atoms with Gasteiger partial charge in [0.05, 0.1) is 16.9 Å². The second kappa shape index (κ2) is 7.56. The quantitative estimate of drug-likeness (QED) is 0.638. The Morgan fingerprint density at radius 1 is 1.38 bits per heavy atom. The van der Waals surface area contributed by atoms with Crippen LogP contribution in [0.1, 0.15) is 29.4 Å². The Balaban J connectivity index is 2.28. The molecule has 1 N–H and O–H groups in total. The number of amides is 1. The van der Waals surface area contributed by atoms with Crippen LogP contribution < -0.4 is 5.32 Å². The van der Waals surface area contributed by atoms with Crippen LogP contribution in [-0.2, 0) is 6.42 Å². The van der Waals surface area contributed by atoms with Crippen molar-refractivity contribution in [1.82, 2.24) is 9.97 Å². The second-order valence-corrected chi connectivity index (χ2v) is 6.03. The molecule has 110 valence electrons. The molecule has 1 aromatic heterocycles. The van der Waals surface area contributed by atoms with Crippen LogP contribution in [0.2, 0.25) is 0 Å².